The van der Waals surface area contributed by atoms with Crippen LogP contribution in [0.4, 0.5) is 5.69 Å². The molecule has 1 aromatic heterocycles. The SMILES string of the molecule is Cc1cc2cc(NC(=N[C@H]3CCCCN(CC(=O)NCCC(C)C)C3=O)NC#N)ccc2o1. The molecule has 176 valence electrons. The molecule has 1 atom stereocenters. The third kappa shape index (κ3) is 6.97. The molecule has 3 N–H and O–H groups in total. The second kappa shape index (κ2) is 11.4. The number of amides is 2. The van der Waals surface area contributed by atoms with Crippen LogP contribution >= 0.6 is 0 Å². The summed E-state index contributed by atoms with van der Waals surface area (Å²) in [7, 11) is 0. The lowest BCUT2D eigenvalue weighted by Gasteiger charge is -2.23. The largest absolute Gasteiger partial charge is 0.461 e. The van der Waals surface area contributed by atoms with Crippen molar-refractivity contribution in [2.75, 3.05) is 25.0 Å². The summed E-state index contributed by atoms with van der Waals surface area (Å²) in [5.41, 5.74) is 1.48. The van der Waals surface area contributed by atoms with E-state index in [9.17, 15) is 14.9 Å². The van der Waals surface area contributed by atoms with Crippen LogP contribution in [0.5, 0.6) is 0 Å². The van der Waals surface area contributed by atoms with Crippen LogP contribution in [0.15, 0.2) is 33.7 Å². The van der Waals surface area contributed by atoms with Crippen molar-refractivity contribution in [1.82, 2.24) is 15.5 Å². The molecule has 1 fully saturated rings. The molecule has 1 saturated heterocycles. The first-order chi connectivity index (χ1) is 15.9. The zero-order chi connectivity index (χ0) is 23.8. The number of anilines is 1. The van der Waals surface area contributed by atoms with Gasteiger partial charge in [0.2, 0.25) is 17.8 Å². The van der Waals surface area contributed by atoms with Crippen molar-refractivity contribution < 1.29 is 14.0 Å². The fraction of sp³-hybridized carbons (Fsp3) is 0.500. The Morgan fingerprint density at radius 3 is 2.91 bits per heavy atom. The normalized spacial score (nSPS) is 17.1. The quantitative estimate of drug-likeness (QED) is 0.257. The van der Waals surface area contributed by atoms with Crippen LogP contribution in [-0.4, -0.2) is 48.3 Å². The van der Waals surface area contributed by atoms with Crippen LogP contribution in [0.3, 0.4) is 0 Å². The number of aliphatic imine (C=N–C) groups is 1. The molecule has 9 heteroatoms. The van der Waals surface area contributed by atoms with Crippen molar-refractivity contribution in [3.05, 3.63) is 30.0 Å². The smallest absolute Gasteiger partial charge is 0.247 e. The van der Waals surface area contributed by atoms with Gasteiger partial charge in [-0.1, -0.05) is 13.8 Å². The second-order valence-electron chi connectivity index (χ2n) is 8.75. The first kappa shape index (κ1) is 24.1. The van der Waals surface area contributed by atoms with Crippen LogP contribution in [-0.2, 0) is 9.59 Å². The van der Waals surface area contributed by atoms with Crippen LogP contribution in [0, 0.1) is 24.3 Å². The number of hydrogen-bond donors (Lipinski definition) is 3. The first-order valence-corrected chi connectivity index (χ1v) is 11.4. The number of carbonyl (C=O) groups is 2. The van der Waals surface area contributed by atoms with Crippen LogP contribution < -0.4 is 16.0 Å². The molecule has 1 aliphatic rings. The highest BCUT2D eigenvalue weighted by molar-refractivity contribution is 5.98. The summed E-state index contributed by atoms with van der Waals surface area (Å²) in [5, 5.41) is 18.6. The van der Waals surface area contributed by atoms with Gasteiger partial charge >= 0.3 is 0 Å². The molecule has 0 aliphatic carbocycles. The van der Waals surface area contributed by atoms with Crippen molar-refractivity contribution in [3.8, 4) is 6.19 Å². The number of carbonyl (C=O) groups excluding carboxylic acids is 2. The highest BCUT2D eigenvalue weighted by atomic mass is 16.3. The van der Waals surface area contributed by atoms with E-state index in [-0.39, 0.29) is 24.3 Å². The molecule has 33 heavy (non-hydrogen) atoms. The number of fused-ring (bicyclic) bond motifs is 1. The number of likely N-dealkylation sites (tertiary alicyclic amines) is 1. The van der Waals surface area contributed by atoms with Gasteiger partial charge in [0.25, 0.3) is 0 Å². The number of furan rings is 1. The minimum absolute atomic E-state index is 0.0217. The summed E-state index contributed by atoms with van der Waals surface area (Å²) < 4.78 is 5.60. The predicted molar refractivity (Wildman–Crippen MR) is 127 cm³/mol. The van der Waals surface area contributed by atoms with Gasteiger partial charge < -0.3 is 20.0 Å². The van der Waals surface area contributed by atoms with Crippen molar-refractivity contribution in [2.45, 2.75) is 52.5 Å². The monoisotopic (exact) mass is 452 g/mol. The third-order valence-electron chi connectivity index (χ3n) is 5.49. The lowest BCUT2D eigenvalue weighted by molar-refractivity contribution is -0.136. The zero-order valence-corrected chi connectivity index (χ0v) is 19.5. The lowest BCUT2D eigenvalue weighted by Crippen LogP contribution is -2.44. The van der Waals surface area contributed by atoms with E-state index in [0.29, 0.717) is 31.1 Å². The minimum atomic E-state index is -0.667. The van der Waals surface area contributed by atoms with Gasteiger partial charge in [-0.2, -0.15) is 5.26 Å². The molecule has 2 heterocycles. The lowest BCUT2D eigenvalue weighted by atomic mass is 10.1. The molecular formula is C24H32N6O3. The fourth-order valence-electron chi connectivity index (χ4n) is 3.79. The molecule has 9 nitrogen and oxygen atoms in total. The average molecular weight is 453 g/mol. The van der Waals surface area contributed by atoms with Crippen LogP contribution in [0.2, 0.25) is 0 Å². The highest BCUT2D eigenvalue weighted by Gasteiger charge is 2.28. The summed E-state index contributed by atoms with van der Waals surface area (Å²) in [5.74, 6) is 1.14. The Hall–Kier alpha value is -3.54. The summed E-state index contributed by atoms with van der Waals surface area (Å²) in [6, 6.07) is 6.81. The molecule has 1 aliphatic heterocycles. The Morgan fingerprint density at radius 1 is 1.33 bits per heavy atom. The predicted octanol–water partition coefficient (Wildman–Crippen LogP) is 3.12. The summed E-state index contributed by atoms with van der Waals surface area (Å²) in [4.78, 5) is 31.5. The molecule has 2 amide bonds. The fourth-order valence-corrected chi connectivity index (χ4v) is 3.79. The molecule has 0 bridgehead atoms. The molecule has 0 spiro atoms. The molecule has 1 aromatic carbocycles. The van der Waals surface area contributed by atoms with Gasteiger partial charge in [-0.3, -0.25) is 14.9 Å². The maximum Gasteiger partial charge on any atom is 0.247 e. The van der Waals surface area contributed by atoms with Gasteiger partial charge in [-0.25, -0.2) is 4.99 Å². The first-order valence-electron chi connectivity index (χ1n) is 11.4. The Morgan fingerprint density at radius 2 is 2.15 bits per heavy atom. The van der Waals surface area contributed by atoms with E-state index >= 15 is 0 Å². The number of nitriles is 1. The molecule has 0 radical (unpaired) electrons. The van der Waals surface area contributed by atoms with Crippen molar-refractivity contribution in [3.63, 3.8) is 0 Å². The van der Waals surface area contributed by atoms with Crippen molar-refractivity contribution in [2.24, 2.45) is 10.9 Å². The van der Waals surface area contributed by atoms with E-state index < -0.39 is 6.04 Å². The summed E-state index contributed by atoms with van der Waals surface area (Å²) >= 11 is 0. The van der Waals surface area contributed by atoms with E-state index in [1.54, 1.807) is 4.90 Å². The molecule has 2 aromatic rings. The van der Waals surface area contributed by atoms with Crippen molar-refractivity contribution in [1.29, 1.82) is 5.26 Å². The second-order valence-corrected chi connectivity index (χ2v) is 8.75. The Bertz CT molecular complexity index is 1050. The zero-order valence-electron chi connectivity index (χ0n) is 19.5. The Labute approximate surface area is 194 Å². The average Bonchev–Trinajstić information content (AvgIpc) is 3.04. The van der Waals surface area contributed by atoms with E-state index in [0.717, 1.165) is 36.0 Å². The number of benzene rings is 1. The van der Waals surface area contributed by atoms with Gasteiger partial charge in [0.05, 0.1) is 6.54 Å². The van der Waals surface area contributed by atoms with Crippen LogP contribution in [0.25, 0.3) is 11.0 Å². The molecule has 0 saturated carbocycles. The Kier molecular flexibility index (Phi) is 8.30. The van der Waals surface area contributed by atoms with Gasteiger partial charge in [-0.05, 0) is 62.8 Å². The summed E-state index contributed by atoms with van der Waals surface area (Å²) in [6.45, 7) is 7.22. The number of rotatable bonds is 7. The molecular weight excluding hydrogens is 420 g/mol. The molecule has 0 unspecified atom stereocenters. The number of nitrogens with zero attached hydrogens (tertiary/aromatic N) is 3. The van der Waals surface area contributed by atoms with E-state index in [2.05, 4.69) is 34.8 Å². The minimum Gasteiger partial charge on any atom is -0.461 e. The topological polar surface area (TPSA) is 123 Å². The van der Waals surface area contributed by atoms with Gasteiger partial charge in [-0.15, -0.1) is 0 Å². The Balaban J connectivity index is 1.70. The molecule has 3 rings (SSSR count). The maximum atomic E-state index is 13.1. The van der Waals surface area contributed by atoms with Gasteiger partial charge in [0, 0.05) is 24.2 Å². The van der Waals surface area contributed by atoms with Gasteiger partial charge in [0.1, 0.15) is 17.4 Å². The van der Waals surface area contributed by atoms with Gasteiger partial charge in [0.15, 0.2) is 6.19 Å². The number of hydrogen-bond acceptors (Lipinski definition) is 5. The van der Waals surface area contributed by atoms with Crippen molar-refractivity contribution >= 4 is 34.4 Å². The number of guanidine groups is 1. The summed E-state index contributed by atoms with van der Waals surface area (Å²) in [6.07, 6.45) is 4.95. The number of nitrogens with one attached hydrogen (secondary N) is 3. The standard InChI is InChI=1S/C24H32N6O3/c1-16(2)9-10-26-22(31)14-30-11-5-4-6-20(23(30)32)29-24(27-15-25)28-19-7-8-21-18(13-19)12-17(3)33-21/h7-8,12-13,16,20H,4-6,9-11,14H2,1-3H3,(H,26,31)(H2,27,28,29)/t20-/m0/s1. The van der Waals surface area contributed by atoms with E-state index in [4.69, 9.17) is 4.42 Å². The third-order valence-corrected chi connectivity index (χ3v) is 5.49. The van der Waals surface area contributed by atoms with Crippen LogP contribution in [0.1, 0.15) is 45.3 Å². The maximum absolute atomic E-state index is 13.1. The highest BCUT2D eigenvalue weighted by Crippen LogP contribution is 2.23. The number of aryl methyl sites for hydroxylation is 1. The van der Waals surface area contributed by atoms with E-state index in [1.165, 1.54) is 0 Å². The van der Waals surface area contributed by atoms with E-state index in [1.807, 2.05) is 37.4 Å².